The topological polar surface area (TPSA) is 72.9 Å². The van der Waals surface area contributed by atoms with Crippen molar-refractivity contribution in [2.45, 2.75) is 6.92 Å². The molecule has 1 heterocycles. The number of anilines is 1. The Balaban J connectivity index is 2.32. The van der Waals surface area contributed by atoms with Crippen LogP contribution in [-0.2, 0) is 7.05 Å². The molecule has 6 heteroatoms. The summed E-state index contributed by atoms with van der Waals surface area (Å²) in [6.45, 7) is 1.93. The molecule has 1 aromatic heterocycles. The summed E-state index contributed by atoms with van der Waals surface area (Å²) in [7, 11) is 1.76. The molecule has 0 spiro atoms. The highest BCUT2D eigenvalue weighted by Crippen LogP contribution is 2.16. The fourth-order valence-corrected chi connectivity index (χ4v) is 1.88. The first-order valence-corrected chi connectivity index (χ1v) is 6.31. The van der Waals surface area contributed by atoms with E-state index in [1.54, 1.807) is 24.9 Å². The monoisotopic (exact) mass is 286 g/mol. The van der Waals surface area contributed by atoms with E-state index < -0.39 is 5.82 Å². The summed E-state index contributed by atoms with van der Waals surface area (Å²) in [6, 6.07) is 3.84. The molecular formula is C15H15FN4O. The minimum Gasteiger partial charge on any atom is -0.320 e. The molecule has 0 aliphatic heterocycles. The Morgan fingerprint density at radius 1 is 1.52 bits per heavy atom. The smallest absolute Gasteiger partial charge is 0.257 e. The Bertz CT molecular complexity index is 740. The molecule has 1 aromatic carbocycles. The van der Waals surface area contributed by atoms with Crippen LogP contribution in [0.4, 0.5) is 10.1 Å². The molecule has 2 aromatic rings. The van der Waals surface area contributed by atoms with Crippen molar-refractivity contribution in [3.63, 3.8) is 0 Å². The van der Waals surface area contributed by atoms with Crippen molar-refractivity contribution < 1.29 is 9.18 Å². The van der Waals surface area contributed by atoms with Gasteiger partial charge in [-0.15, -0.1) is 0 Å². The van der Waals surface area contributed by atoms with Crippen molar-refractivity contribution in [1.82, 2.24) is 9.78 Å². The fourth-order valence-electron chi connectivity index (χ4n) is 1.88. The lowest BCUT2D eigenvalue weighted by Gasteiger charge is -2.06. The van der Waals surface area contributed by atoms with E-state index in [0.717, 1.165) is 0 Å². The Hall–Kier alpha value is -2.65. The number of aryl methyl sites for hydroxylation is 2. The first kappa shape index (κ1) is 14.8. The number of hydrogen-bond acceptors (Lipinski definition) is 3. The molecule has 5 nitrogen and oxygen atoms in total. The van der Waals surface area contributed by atoms with Gasteiger partial charge in [0.05, 0.1) is 23.5 Å². The second kappa shape index (κ2) is 6.20. The molecule has 0 bridgehead atoms. The van der Waals surface area contributed by atoms with Crippen LogP contribution in [0.15, 0.2) is 24.4 Å². The number of hydrogen-bond donors (Lipinski definition) is 2. The van der Waals surface area contributed by atoms with Crippen LogP contribution in [0, 0.1) is 24.6 Å². The van der Waals surface area contributed by atoms with Crippen LogP contribution in [0.3, 0.4) is 0 Å². The lowest BCUT2D eigenvalue weighted by atomic mass is 10.1. The van der Waals surface area contributed by atoms with Crippen molar-refractivity contribution in [2.75, 3.05) is 11.9 Å². The van der Waals surface area contributed by atoms with Gasteiger partial charge in [-0.25, -0.2) is 4.39 Å². The highest BCUT2D eigenvalue weighted by atomic mass is 19.1. The number of nitrogens with zero attached hydrogens (tertiary/aromatic N) is 2. The molecule has 0 aliphatic rings. The Morgan fingerprint density at radius 3 is 2.90 bits per heavy atom. The Morgan fingerprint density at radius 2 is 2.29 bits per heavy atom. The molecule has 0 unspecified atom stereocenters. The highest BCUT2D eigenvalue weighted by molar-refractivity contribution is 6.06. The van der Waals surface area contributed by atoms with Gasteiger partial charge in [0.25, 0.3) is 5.91 Å². The molecular weight excluding hydrogens is 271 g/mol. The largest absolute Gasteiger partial charge is 0.320 e. The molecule has 0 saturated heterocycles. The average molecular weight is 286 g/mol. The first-order valence-electron chi connectivity index (χ1n) is 6.31. The third kappa shape index (κ3) is 3.46. The number of halogens is 1. The van der Waals surface area contributed by atoms with Gasteiger partial charge in [-0.1, -0.05) is 11.8 Å². The van der Waals surface area contributed by atoms with E-state index in [0.29, 0.717) is 22.5 Å². The second-order valence-corrected chi connectivity index (χ2v) is 4.45. The zero-order chi connectivity index (χ0) is 15.4. The van der Waals surface area contributed by atoms with Gasteiger partial charge in [0.1, 0.15) is 5.82 Å². The molecule has 3 N–H and O–H groups in total. The quantitative estimate of drug-likeness (QED) is 0.820. The number of aromatic nitrogens is 2. The van der Waals surface area contributed by atoms with Gasteiger partial charge >= 0.3 is 0 Å². The average Bonchev–Trinajstić information content (AvgIpc) is 2.74. The maximum Gasteiger partial charge on any atom is 0.257 e. The van der Waals surface area contributed by atoms with Gasteiger partial charge in [-0.05, 0) is 25.1 Å². The molecule has 0 aliphatic carbocycles. The van der Waals surface area contributed by atoms with Crippen molar-refractivity contribution in [1.29, 1.82) is 0 Å². The second-order valence-electron chi connectivity index (χ2n) is 4.45. The predicted octanol–water partition coefficient (Wildman–Crippen LogP) is 1.43. The van der Waals surface area contributed by atoms with E-state index in [1.165, 1.54) is 18.2 Å². The number of nitrogens with two attached hydrogens (primary N) is 1. The summed E-state index contributed by atoms with van der Waals surface area (Å²) < 4.78 is 14.9. The van der Waals surface area contributed by atoms with Crippen LogP contribution in [-0.4, -0.2) is 22.2 Å². The van der Waals surface area contributed by atoms with Crippen LogP contribution < -0.4 is 11.1 Å². The minimum atomic E-state index is -0.453. The molecule has 1 amide bonds. The zero-order valence-corrected chi connectivity index (χ0v) is 11.8. The summed E-state index contributed by atoms with van der Waals surface area (Å²) in [5.74, 6) is 4.50. The number of rotatable bonds is 2. The van der Waals surface area contributed by atoms with Crippen molar-refractivity contribution in [3.8, 4) is 11.8 Å². The number of nitrogens with one attached hydrogen (secondary N) is 1. The van der Waals surface area contributed by atoms with E-state index in [2.05, 4.69) is 22.3 Å². The molecule has 0 fully saturated rings. The van der Waals surface area contributed by atoms with Crippen LogP contribution in [0.1, 0.15) is 21.6 Å². The normalized spacial score (nSPS) is 9.90. The standard InChI is InChI=1S/C15H15FN4O/c1-10-14(9-20(2)19-10)18-15(21)13-6-5-12(16)8-11(13)4-3-7-17/h5-6,8-9H,7,17H2,1-2H3,(H,18,21). The molecule has 2 rings (SSSR count). The van der Waals surface area contributed by atoms with Crippen LogP contribution in [0.25, 0.3) is 0 Å². The van der Waals surface area contributed by atoms with Gasteiger partial charge in [0, 0.05) is 18.8 Å². The maximum absolute atomic E-state index is 13.3. The fraction of sp³-hybridized carbons (Fsp3) is 0.200. The van der Waals surface area contributed by atoms with E-state index in [9.17, 15) is 9.18 Å². The van der Waals surface area contributed by atoms with Crippen LogP contribution in [0.2, 0.25) is 0 Å². The molecule has 0 atom stereocenters. The lowest BCUT2D eigenvalue weighted by Crippen LogP contribution is -2.14. The van der Waals surface area contributed by atoms with Crippen LogP contribution >= 0.6 is 0 Å². The minimum absolute atomic E-state index is 0.138. The highest BCUT2D eigenvalue weighted by Gasteiger charge is 2.13. The number of amides is 1. The summed E-state index contributed by atoms with van der Waals surface area (Å²) in [5.41, 5.74) is 7.20. The van der Waals surface area contributed by atoms with Gasteiger partial charge in [0.2, 0.25) is 0 Å². The van der Waals surface area contributed by atoms with E-state index in [1.807, 2.05) is 0 Å². The van der Waals surface area contributed by atoms with E-state index in [-0.39, 0.29) is 12.5 Å². The number of carbonyl (C=O) groups is 1. The predicted molar refractivity (Wildman–Crippen MR) is 78.2 cm³/mol. The van der Waals surface area contributed by atoms with Gasteiger partial charge in [0.15, 0.2) is 0 Å². The summed E-state index contributed by atoms with van der Waals surface area (Å²) >= 11 is 0. The number of carbonyl (C=O) groups excluding carboxylic acids is 1. The van der Waals surface area contributed by atoms with Gasteiger partial charge < -0.3 is 11.1 Å². The van der Waals surface area contributed by atoms with Crippen molar-refractivity contribution in [3.05, 3.63) is 47.0 Å². The number of benzene rings is 1. The third-order valence-electron chi connectivity index (χ3n) is 2.81. The zero-order valence-electron chi connectivity index (χ0n) is 11.8. The first-order chi connectivity index (χ1) is 10.0. The maximum atomic E-state index is 13.3. The summed E-state index contributed by atoms with van der Waals surface area (Å²) in [5, 5.41) is 6.88. The van der Waals surface area contributed by atoms with Crippen LogP contribution in [0.5, 0.6) is 0 Å². The third-order valence-corrected chi connectivity index (χ3v) is 2.81. The lowest BCUT2D eigenvalue weighted by molar-refractivity contribution is 0.102. The van der Waals surface area contributed by atoms with Crippen molar-refractivity contribution >= 4 is 11.6 Å². The van der Waals surface area contributed by atoms with E-state index in [4.69, 9.17) is 5.73 Å². The Labute approximate surface area is 122 Å². The summed E-state index contributed by atoms with van der Waals surface area (Å²) in [6.07, 6.45) is 1.70. The summed E-state index contributed by atoms with van der Waals surface area (Å²) in [4.78, 5) is 12.3. The molecule has 108 valence electrons. The van der Waals surface area contributed by atoms with Crippen molar-refractivity contribution in [2.24, 2.45) is 12.8 Å². The molecule has 0 radical (unpaired) electrons. The molecule has 0 saturated carbocycles. The SMILES string of the molecule is Cc1nn(C)cc1NC(=O)c1ccc(F)cc1C#CCN. The van der Waals surface area contributed by atoms with Gasteiger partial charge in [-0.3, -0.25) is 9.48 Å². The molecule has 21 heavy (non-hydrogen) atoms. The Kier molecular flexibility index (Phi) is 4.36. The van der Waals surface area contributed by atoms with Gasteiger partial charge in [-0.2, -0.15) is 5.10 Å². The van der Waals surface area contributed by atoms with E-state index >= 15 is 0 Å².